The number of hydrogen-bond donors (Lipinski definition) is 0. The summed E-state index contributed by atoms with van der Waals surface area (Å²) in [5, 5.41) is 5.46. The van der Waals surface area contributed by atoms with Crippen LogP contribution in [0.5, 0.6) is 0 Å². The number of carbonyl (C=O) groups is 2. The maximum Gasteiger partial charge on any atom is 0.254 e. The van der Waals surface area contributed by atoms with Gasteiger partial charge in [0.1, 0.15) is 0 Å². The molecule has 2 aliphatic carbocycles. The van der Waals surface area contributed by atoms with Crippen molar-refractivity contribution in [2.75, 3.05) is 18.0 Å². The number of aryl methyl sites for hydroxylation is 2. The number of anilines is 1. The first-order valence-electron chi connectivity index (χ1n) is 10.0. The van der Waals surface area contributed by atoms with Gasteiger partial charge >= 0.3 is 0 Å². The molecule has 4 atom stereocenters. The Morgan fingerprint density at radius 1 is 0.963 bits per heavy atom. The zero-order chi connectivity index (χ0) is 18.7. The average molecular weight is 363 g/mol. The Morgan fingerprint density at radius 2 is 1.59 bits per heavy atom. The highest BCUT2D eigenvalue weighted by Crippen LogP contribution is 2.52. The Hall–Kier alpha value is -2.43. The molecular formula is C22H25N3O2. The number of nitrogens with zero attached hydrogens (tertiary/aromatic N) is 3. The van der Waals surface area contributed by atoms with Crippen LogP contribution in [0.15, 0.2) is 29.4 Å². The van der Waals surface area contributed by atoms with Gasteiger partial charge in [0.05, 0.1) is 18.1 Å². The van der Waals surface area contributed by atoms with E-state index >= 15 is 0 Å². The predicted molar refractivity (Wildman–Crippen MR) is 105 cm³/mol. The van der Waals surface area contributed by atoms with Gasteiger partial charge < -0.3 is 4.90 Å². The largest absolute Gasteiger partial charge is 0.371 e. The van der Waals surface area contributed by atoms with E-state index < -0.39 is 0 Å². The Labute approximate surface area is 159 Å². The third kappa shape index (κ3) is 2.47. The van der Waals surface area contributed by atoms with Crippen molar-refractivity contribution in [3.63, 3.8) is 0 Å². The van der Waals surface area contributed by atoms with E-state index in [0.29, 0.717) is 0 Å². The summed E-state index contributed by atoms with van der Waals surface area (Å²) >= 11 is 0. The third-order valence-electron chi connectivity index (χ3n) is 6.79. The van der Waals surface area contributed by atoms with E-state index in [2.05, 4.69) is 48.1 Å². The number of allylic oxidation sites excluding steroid dienone is 2. The first-order chi connectivity index (χ1) is 13.0. The van der Waals surface area contributed by atoms with Gasteiger partial charge in [-0.15, -0.1) is 0 Å². The Kier molecular flexibility index (Phi) is 3.74. The summed E-state index contributed by atoms with van der Waals surface area (Å²) in [7, 11) is 0. The van der Waals surface area contributed by atoms with Crippen molar-refractivity contribution in [1.82, 2.24) is 5.01 Å². The van der Waals surface area contributed by atoms with Crippen molar-refractivity contribution in [2.45, 2.75) is 33.1 Å². The number of hydrazone groups is 1. The SMILES string of the molecule is Cc1cc(N2CCCC2)c(C)cc1C=NN1C(=O)[C@@H]2[C@H](C1=O)[C@H]1C=C[C@H]2C1. The summed E-state index contributed by atoms with van der Waals surface area (Å²) in [4.78, 5) is 27.9. The normalized spacial score (nSPS) is 31.8. The third-order valence-corrected chi connectivity index (χ3v) is 6.79. The molecule has 2 aliphatic heterocycles. The van der Waals surface area contributed by atoms with Gasteiger partial charge in [0, 0.05) is 18.8 Å². The molecule has 1 aromatic rings. The second-order valence-electron chi connectivity index (χ2n) is 8.42. The van der Waals surface area contributed by atoms with Crippen molar-refractivity contribution in [2.24, 2.45) is 28.8 Å². The monoisotopic (exact) mass is 363 g/mol. The number of rotatable bonds is 3. The average Bonchev–Trinajstić information content (AvgIpc) is 3.42. The van der Waals surface area contributed by atoms with E-state index in [1.807, 2.05) is 0 Å². The molecule has 2 heterocycles. The fraction of sp³-hybridized carbons (Fsp3) is 0.500. The molecule has 1 saturated carbocycles. The maximum absolute atomic E-state index is 12.7. The van der Waals surface area contributed by atoms with Crippen LogP contribution < -0.4 is 4.90 Å². The fourth-order valence-electron chi connectivity index (χ4n) is 5.38. The molecule has 2 amide bonds. The van der Waals surface area contributed by atoms with Crippen LogP contribution in [0.2, 0.25) is 0 Å². The van der Waals surface area contributed by atoms with E-state index in [1.165, 1.54) is 24.1 Å². The quantitative estimate of drug-likeness (QED) is 0.471. The molecule has 1 aromatic carbocycles. The van der Waals surface area contributed by atoms with E-state index in [4.69, 9.17) is 0 Å². The maximum atomic E-state index is 12.7. The molecule has 0 N–H and O–H groups in total. The molecular weight excluding hydrogens is 338 g/mol. The number of carbonyl (C=O) groups excluding carboxylic acids is 2. The van der Waals surface area contributed by atoms with Gasteiger partial charge in [0.2, 0.25) is 0 Å². The minimum absolute atomic E-state index is 0.124. The standard InChI is InChI=1S/C22H25N3O2/c1-13-10-18(24-7-3-4-8-24)14(2)9-17(13)12-23-25-21(26)19-15-5-6-16(11-15)20(19)22(25)27/h5-6,9-10,12,15-16,19-20H,3-4,7-8,11H2,1-2H3/t15-,16-,19-,20+/m0/s1. The summed E-state index contributed by atoms with van der Waals surface area (Å²) < 4.78 is 0. The van der Waals surface area contributed by atoms with Crippen LogP contribution in [-0.4, -0.2) is 36.1 Å². The summed E-state index contributed by atoms with van der Waals surface area (Å²) in [5.41, 5.74) is 4.58. The highest BCUT2D eigenvalue weighted by molar-refractivity contribution is 6.06. The number of fused-ring (bicyclic) bond motifs is 5. The Balaban J connectivity index is 1.39. The molecule has 5 rings (SSSR count). The zero-order valence-corrected chi connectivity index (χ0v) is 15.9. The van der Waals surface area contributed by atoms with Crippen LogP contribution in [0.25, 0.3) is 0 Å². The lowest BCUT2D eigenvalue weighted by molar-refractivity contribution is -0.140. The molecule has 2 bridgehead atoms. The van der Waals surface area contributed by atoms with Crippen molar-refractivity contribution >= 4 is 23.7 Å². The predicted octanol–water partition coefficient (Wildman–Crippen LogP) is 3.04. The highest BCUT2D eigenvalue weighted by Gasteiger charge is 2.59. The van der Waals surface area contributed by atoms with Crippen LogP contribution in [0, 0.1) is 37.5 Å². The molecule has 0 aromatic heterocycles. The van der Waals surface area contributed by atoms with Crippen LogP contribution in [0.1, 0.15) is 36.0 Å². The number of amides is 2. The number of benzene rings is 1. The van der Waals surface area contributed by atoms with E-state index in [1.54, 1.807) is 6.21 Å². The molecule has 5 heteroatoms. The molecule has 2 saturated heterocycles. The van der Waals surface area contributed by atoms with E-state index in [0.717, 1.165) is 35.6 Å². The summed E-state index contributed by atoms with van der Waals surface area (Å²) in [6.45, 7) is 6.41. The van der Waals surface area contributed by atoms with E-state index in [-0.39, 0.29) is 35.5 Å². The molecule has 27 heavy (non-hydrogen) atoms. The summed E-state index contributed by atoms with van der Waals surface area (Å²) in [5.74, 6) is -0.182. The lowest BCUT2D eigenvalue weighted by Crippen LogP contribution is -2.28. The highest BCUT2D eigenvalue weighted by atomic mass is 16.2. The smallest absolute Gasteiger partial charge is 0.254 e. The molecule has 0 unspecified atom stereocenters. The van der Waals surface area contributed by atoms with Gasteiger partial charge in [-0.05, 0) is 73.8 Å². The number of imide groups is 1. The fourth-order valence-corrected chi connectivity index (χ4v) is 5.38. The minimum Gasteiger partial charge on any atom is -0.371 e. The second-order valence-corrected chi connectivity index (χ2v) is 8.42. The lowest BCUT2D eigenvalue weighted by Gasteiger charge is -2.21. The zero-order valence-electron chi connectivity index (χ0n) is 15.9. The van der Waals surface area contributed by atoms with Crippen LogP contribution in [-0.2, 0) is 9.59 Å². The summed E-state index contributed by atoms with van der Waals surface area (Å²) in [6.07, 6.45) is 9.34. The topological polar surface area (TPSA) is 53.0 Å². The van der Waals surface area contributed by atoms with E-state index in [9.17, 15) is 9.59 Å². The Bertz CT molecular complexity index is 852. The number of hydrogen-bond acceptors (Lipinski definition) is 4. The van der Waals surface area contributed by atoms with Crippen LogP contribution >= 0.6 is 0 Å². The first-order valence-corrected chi connectivity index (χ1v) is 10.0. The second kappa shape index (κ2) is 6.04. The van der Waals surface area contributed by atoms with Gasteiger partial charge in [0.15, 0.2) is 0 Å². The van der Waals surface area contributed by atoms with Crippen molar-refractivity contribution in [3.8, 4) is 0 Å². The van der Waals surface area contributed by atoms with Crippen LogP contribution in [0.3, 0.4) is 0 Å². The van der Waals surface area contributed by atoms with Crippen molar-refractivity contribution < 1.29 is 9.59 Å². The minimum atomic E-state index is -0.190. The molecule has 0 spiro atoms. The van der Waals surface area contributed by atoms with Crippen LogP contribution in [0.4, 0.5) is 5.69 Å². The molecule has 4 aliphatic rings. The molecule has 3 fully saturated rings. The first kappa shape index (κ1) is 16.7. The van der Waals surface area contributed by atoms with Gasteiger partial charge in [-0.2, -0.15) is 10.1 Å². The van der Waals surface area contributed by atoms with Gasteiger partial charge in [-0.25, -0.2) is 0 Å². The molecule has 0 radical (unpaired) electrons. The van der Waals surface area contributed by atoms with Crippen molar-refractivity contribution in [3.05, 3.63) is 41.0 Å². The van der Waals surface area contributed by atoms with Gasteiger partial charge in [0.25, 0.3) is 11.8 Å². The molecule has 5 nitrogen and oxygen atoms in total. The molecule has 140 valence electrons. The van der Waals surface area contributed by atoms with Crippen molar-refractivity contribution in [1.29, 1.82) is 0 Å². The van der Waals surface area contributed by atoms with Gasteiger partial charge in [-0.3, -0.25) is 9.59 Å². The van der Waals surface area contributed by atoms with Gasteiger partial charge in [-0.1, -0.05) is 12.2 Å². The lowest BCUT2D eigenvalue weighted by atomic mass is 9.85. The Morgan fingerprint density at radius 3 is 2.22 bits per heavy atom. The summed E-state index contributed by atoms with van der Waals surface area (Å²) in [6, 6.07) is 4.32.